The topological polar surface area (TPSA) is 17.8 Å². The highest BCUT2D eigenvalue weighted by Gasteiger charge is 2.18. The van der Waals surface area contributed by atoms with Gasteiger partial charge in [-0.3, -0.25) is 0 Å². The molecule has 28 heavy (non-hydrogen) atoms. The van der Waals surface area contributed by atoms with Crippen molar-refractivity contribution in [1.29, 1.82) is 0 Å². The van der Waals surface area contributed by atoms with Crippen LogP contribution in [0.2, 0.25) is 0 Å². The van der Waals surface area contributed by atoms with E-state index in [1.807, 2.05) is 17.0 Å². The molecule has 1 heterocycles. The second kappa shape index (κ2) is 9.05. The third-order valence-corrected chi connectivity index (χ3v) is 5.55. The van der Waals surface area contributed by atoms with Crippen LogP contribution in [0, 0.1) is 12.8 Å². The fraction of sp³-hybridized carbons (Fsp3) is 0.346. The largest absolute Gasteiger partial charge is 0.244 e. The third kappa shape index (κ3) is 4.44. The van der Waals surface area contributed by atoms with Gasteiger partial charge < -0.3 is 0 Å². The van der Waals surface area contributed by atoms with E-state index >= 15 is 0 Å². The number of rotatable bonds is 7. The summed E-state index contributed by atoms with van der Waals surface area (Å²) < 4.78 is 1.99. The van der Waals surface area contributed by atoms with E-state index in [1.165, 1.54) is 34.4 Å². The van der Waals surface area contributed by atoms with Crippen molar-refractivity contribution in [3.8, 4) is 0 Å². The smallest absolute Gasteiger partial charge is 0.0534 e. The van der Waals surface area contributed by atoms with Crippen molar-refractivity contribution in [1.82, 2.24) is 9.78 Å². The first-order valence-electron chi connectivity index (χ1n) is 10.4. The summed E-state index contributed by atoms with van der Waals surface area (Å²) >= 11 is 0. The van der Waals surface area contributed by atoms with Crippen molar-refractivity contribution in [3.05, 3.63) is 89.3 Å². The van der Waals surface area contributed by atoms with E-state index in [1.54, 1.807) is 0 Å². The first-order valence-corrected chi connectivity index (χ1v) is 10.4. The lowest BCUT2D eigenvalue weighted by atomic mass is 9.86. The second-order valence-electron chi connectivity index (χ2n) is 7.93. The standard InChI is InChI=1S/C26H32N2/c1-6-9-21-12-14-23(15-13-21)22(7-2)18-28-20(5)26(17-27-28)25-11-8-10-24(16-25)19(3)4/h7-8,10,12-19,25H,2,6,9,11H2,1,3-5H3/b22-18+. The molecule has 0 fully saturated rings. The van der Waals surface area contributed by atoms with Crippen LogP contribution in [-0.4, -0.2) is 9.78 Å². The van der Waals surface area contributed by atoms with Gasteiger partial charge in [0.15, 0.2) is 0 Å². The minimum absolute atomic E-state index is 0.407. The Morgan fingerprint density at radius 2 is 2.04 bits per heavy atom. The number of benzene rings is 1. The molecule has 2 nitrogen and oxygen atoms in total. The molecule has 0 saturated carbocycles. The Bertz CT molecular complexity index is 904. The molecule has 1 unspecified atom stereocenters. The zero-order chi connectivity index (χ0) is 20.1. The average molecular weight is 373 g/mol. The van der Waals surface area contributed by atoms with Crippen LogP contribution in [0.1, 0.15) is 61.9 Å². The molecule has 1 aromatic heterocycles. The Morgan fingerprint density at radius 3 is 2.68 bits per heavy atom. The number of aryl methyl sites for hydroxylation is 1. The van der Waals surface area contributed by atoms with Gasteiger partial charge in [0, 0.05) is 23.4 Å². The molecule has 0 saturated heterocycles. The molecule has 146 valence electrons. The normalized spacial score (nSPS) is 17.1. The lowest BCUT2D eigenvalue weighted by Crippen LogP contribution is -2.04. The number of nitrogens with zero attached hydrogens (tertiary/aromatic N) is 2. The fourth-order valence-corrected chi connectivity index (χ4v) is 3.77. The van der Waals surface area contributed by atoms with E-state index < -0.39 is 0 Å². The highest BCUT2D eigenvalue weighted by Crippen LogP contribution is 2.32. The molecule has 2 aromatic rings. The SMILES string of the molecule is C=C/C(=C\n1ncc(C2C=C(C(C)C)C=CC2)c1C)c1ccc(CCC)cc1. The van der Waals surface area contributed by atoms with Gasteiger partial charge in [-0.2, -0.15) is 5.10 Å². The van der Waals surface area contributed by atoms with Crippen LogP contribution in [0.3, 0.4) is 0 Å². The van der Waals surface area contributed by atoms with E-state index in [0.29, 0.717) is 11.8 Å². The highest BCUT2D eigenvalue weighted by molar-refractivity contribution is 5.82. The van der Waals surface area contributed by atoms with Crippen molar-refractivity contribution in [2.45, 2.75) is 52.9 Å². The van der Waals surface area contributed by atoms with Crippen LogP contribution in [0.15, 0.2) is 66.9 Å². The summed E-state index contributed by atoms with van der Waals surface area (Å²) in [6.07, 6.45) is 16.3. The molecule has 0 radical (unpaired) electrons. The van der Waals surface area contributed by atoms with E-state index in [4.69, 9.17) is 0 Å². The van der Waals surface area contributed by atoms with Crippen molar-refractivity contribution in [2.24, 2.45) is 5.92 Å². The maximum atomic E-state index is 4.66. The summed E-state index contributed by atoms with van der Waals surface area (Å²) in [6, 6.07) is 8.79. The van der Waals surface area contributed by atoms with Crippen LogP contribution in [0.4, 0.5) is 0 Å². The Kier molecular flexibility index (Phi) is 6.51. The van der Waals surface area contributed by atoms with Gasteiger partial charge in [0.25, 0.3) is 0 Å². The summed E-state index contributed by atoms with van der Waals surface area (Å²) in [5.74, 6) is 0.961. The van der Waals surface area contributed by atoms with E-state index in [-0.39, 0.29) is 0 Å². The second-order valence-corrected chi connectivity index (χ2v) is 7.93. The van der Waals surface area contributed by atoms with Gasteiger partial charge in [-0.1, -0.05) is 82.3 Å². The Morgan fingerprint density at radius 1 is 1.29 bits per heavy atom. The molecule has 0 spiro atoms. The monoisotopic (exact) mass is 372 g/mol. The number of allylic oxidation sites excluding steroid dienone is 6. The zero-order valence-electron chi connectivity index (χ0n) is 17.7. The van der Waals surface area contributed by atoms with E-state index in [2.05, 4.69) is 88.1 Å². The van der Waals surface area contributed by atoms with Crippen molar-refractivity contribution < 1.29 is 0 Å². The molecule has 1 aromatic carbocycles. The van der Waals surface area contributed by atoms with Gasteiger partial charge in [-0.25, -0.2) is 4.68 Å². The van der Waals surface area contributed by atoms with Crippen LogP contribution in [-0.2, 0) is 6.42 Å². The minimum Gasteiger partial charge on any atom is -0.244 e. The molecular weight excluding hydrogens is 340 g/mol. The van der Waals surface area contributed by atoms with Crippen LogP contribution in [0.25, 0.3) is 11.8 Å². The first kappa shape index (κ1) is 20.1. The van der Waals surface area contributed by atoms with Crippen LogP contribution >= 0.6 is 0 Å². The van der Waals surface area contributed by atoms with E-state index in [0.717, 1.165) is 18.4 Å². The van der Waals surface area contributed by atoms with Gasteiger partial charge in [0.1, 0.15) is 0 Å². The molecule has 0 amide bonds. The van der Waals surface area contributed by atoms with E-state index in [9.17, 15) is 0 Å². The summed E-state index contributed by atoms with van der Waals surface area (Å²) in [6.45, 7) is 12.9. The summed E-state index contributed by atoms with van der Waals surface area (Å²) in [5.41, 5.74) is 7.56. The number of hydrogen-bond acceptors (Lipinski definition) is 1. The number of hydrogen-bond donors (Lipinski definition) is 0. The number of aromatic nitrogens is 2. The van der Waals surface area contributed by atoms with Crippen molar-refractivity contribution >= 4 is 11.8 Å². The van der Waals surface area contributed by atoms with Gasteiger partial charge in [0.05, 0.1) is 6.20 Å². The molecular formula is C26H32N2. The van der Waals surface area contributed by atoms with Gasteiger partial charge in [-0.05, 0) is 48.0 Å². The fourth-order valence-electron chi connectivity index (χ4n) is 3.77. The molecule has 0 N–H and O–H groups in total. The lowest BCUT2D eigenvalue weighted by Gasteiger charge is -2.18. The lowest BCUT2D eigenvalue weighted by molar-refractivity contribution is 0.744. The summed E-state index contributed by atoms with van der Waals surface area (Å²) in [5, 5.41) is 4.66. The molecule has 2 heteroatoms. The Hall–Kier alpha value is -2.61. The molecule has 1 atom stereocenters. The Balaban J connectivity index is 1.88. The maximum absolute atomic E-state index is 4.66. The summed E-state index contributed by atoms with van der Waals surface area (Å²) in [4.78, 5) is 0. The van der Waals surface area contributed by atoms with Crippen molar-refractivity contribution in [2.75, 3.05) is 0 Å². The molecule has 0 aliphatic heterocycles. The highest BCUT2D eigenvalue weighted by atomic mass is 15.3. The first-order chi connectivity index (χ1) is 13.5. The third-order valence-electron chi connectivity index (χ3n) is 5.55. The zero-order valence-corrected chi connectivity index (χ0v) is 17.7. The molecule has 1 aliphatic carbocycles. The van der Waals surface area contributed by atoms with Gasteiger partial charge >= 0.3 is 0 Å². The Labute approximate surface area is 170 Å². The minimum atomic E-state index is 0.407. The average Bonchev–Trinajstić information content (AvgIpc) is 3.07. The predicted octanol–water partition coefficient (Wildman–Crippen LogP) is 6.95. The molecule has 1 aliphatic rings. The van der Waals surface area contributed by atoms with Crippen molar-refractivity contribution in [3.63, 3.8) is 0 Å². The van der Waals surface area contributed by atoms with Gasteiger partial charge in [-0.15, -0.1) is 0 Å². The van der Waals surface area contributed by atoms with Crippen LogP contribution < -0.4 is 0 Å². The van der Waals surface area contributed by atoms with Crippen LogP contribution in [0.5, 0.6) is 0 Å². The van der Waals surface area contributed by atoms with Gasteiger partial charge in [0.2, 0.25) is 0 Å². The quantitative estimate of drug-likeness (QED) is 0.481. The molecule has 0 bridgehead atoms. The molecule has 3 rings (SSSR count). The predicted molar refractivity (Wildman–Crippen MR) is 121 cm³/mol. The summed E-state index contributed by atoms with van der Waals surface area (Å²) in [7, 11) is 0. The maximum Gasteiger partial charge on any atom is 0.0534 e.